The summed E-state index contributed by atoms with van der Waals surface area (Å²) in [5.74, 6) is 0.771. The van der Waals surface area contributed by atoms with Crippen LogP contribution in [0.1, 0.15) is 11.5 Å². The zero-order chi connectivity index (χ0) is 19.6. The van der Waals surface area contributed by atoms with Gasteiger partial charge in [-0.25, -0.2) is 13.4 Å². The van der Waals surface area contributed by atoms with E-state index in [-0.39, 0.29) is 10.8 Å². The van der Waals surface area contributed by atoms with Gasteiger partial charge >= 0.3 is 0 Å². The van der Waals surface area contributed by atoms with Crippen LogP contribution in [0.4, 0.5) is 5.69 Å². The fourth-order valence-electron chi connectivity index (χ4n) is 2.38. The fourth-order valence-corrected chi connectivity index (χ4v) is 4.71. The summed E-state index contributed by atoms with van der Waals surface area (Å²) in [4.78, 5) is 16.6. The molecule has 0 aliphatic rings. The summed E-state index contributed by atoms with van der Waals surface area (Å²) in [7, 11) is -2.29. The largest absolute Gasteiger partial charge is 0.441 e. The summed E-state index contributed by atoms with van der Waals surface area (Å²) in [5.41, 5.74) is 2.07. The van der Waals surface area contributed by atoms with Crippen LogP contribution < -0.4 is 5.32 Å². The van der Waals surface area contributed by atoms with Gasteiger partial charge in [0.05, 0.1) is 12.2 Å². The zero-order valence-electron chi connectivity index (χ0n) is 15.1. The van der Waals surface area contributed by atoms with Crippen molar-refractivity contribution in [2.45, 2.75) is 18.1 Å². The Hall–Kier alpha value is -2.49. The van der Waals surface area contributed by atoms with Gasteiger partial charge in [0.15, 0.2) is 0 Å². The number of nitrogens with one attached hydrogen (secondary N) is 1. The predicted molar refractivity (Wildman–Crippen MR) is 104 cm³/mol. The standard InChI is InChI=1S/C18H19N3O4S2/c1-12-13(2)25-18(19-12)14-6-4-7-15(10-14)20-16(22)11-21(3)27(23,24)17-8-5-9-26-17/h4-10H,11H2,1-3H3,(H,20,22). The molecule has 0 saturated carbocycles. The Morgan fingerprint density at radius 2 is 2.04 bits per heavy atom. The molecule has 2 heterocycles. The molecule has 2 aromatic heterocycles. The lowest BCUT2D eigenvalue weighted by atomic mass is 10.2. The average Bonchev–Trinajstić information content (AvgIpc) is 3.26. The Labute approximate surface area is 161 Å². The molecule has 0 fully saturated rings. The van der Waals surface area contributed by atoms with E-state index in [0.717, 1.165) is 32.7 Å². The number of likely N-dealkylation sites (N-methyl/N-ethyl adjacent to an activating group) is 1. The smallest absolute Gasteiger partial charge is 0.252 e. The van der Waals surface area contributed by atoms with Crippen molar-refractivity contribution in [3.05, 3.63) is 53.2 Å². The van der Waals surface area contributed by atoms with E-state index in [0.29, 0.717) is 11.6 Å². The van der Waals surface area contributed by atoms with E-state index >= 15 is 0 Å². The number of hydrogen-bond donors (Lipinski definition) is 1. The number of aromatic nitrogens is 1. The summed E-state index contributed by atoms with van der Waals surface area (Å²) < 4.78 is 31.6. The molecule has 0 unspecified atom stereocenters. The lowest BCUT2D eigenvalue weighted by molar-refractivity contribution is -0.116. The van der Waals surface area contributed by atoms with Crippen LogP contribution in [0.3, 0.4) is 0 Å². The third-order valence-corrected chi connectivity index (χ3v) is 7.12. The summed E-state index contributed by atoms with van der Waals surface area (Å²) in [6.45, 7) is 3.40. The number of benzene rings is 1. The van der Waals surface area contributed by atoms with Crippen molar-refractivity contribution in [3.63, 3.8) is 0 Å². The number of carbonyl (C=O) groups is 1. The molecule has 0 bridgehead atoms. The molecule has 0 aliphatic carbocycles. The highest BCUT2D eigenvalue weighted by atomic mass is 32.2. The first kappa shape index (κ1) is 19.3. The van der Waals surface area contributed by atoms with Gasteiger partial charge in [0.25, 0.3) is 10.0 Å². The van der Waals surface area contributed by atoms with Gasteiger partial charge < -0.3 is 9.73 Å². The lowest BCUT2D eigenvalue weighted by Crippen LogP contribution is -2.34. The van der Waals surface area contributed by atoms with Crippen LogP contribution in [0.5, 0.6) is 0 Å². The Balaban J connectivity index is 1.70. The number of sulfonamides is 1. The predicted octanol–water partition coefficient (Wildman–Crippen LogP) is 3.28. The molecule has 0 aliphatic heterocycles. The highest BCUT2D eigenvalue weighted by Crippen LogP contribution is 2.24. The molecule has 7 nitrogen and oxygen atoms in total. The molecule has 3 rings (SSSR count). The van der Waals surface area contributed by atoms with E-state index < -0.39 is 15.9 Å². The molecular formula is C18H19N3O4S2. The maximum atomic E-state index is 12.4. The number of anilines is 1. The van der Waals surface area contributed by atoms with Crippen molar-refractivity contribution in [2.75, 3.05) is 18.9 Å². The number of carbonyl (C=O) groups excluding carboxylic acids is 1. The van der Waals surface area contributed by atoms with E-state index in [1.165, 1.54) is 13.1 Å². The minimum Gasteiger partial charge on any atom is -0.441 e. The SMILES string of the molecule is Cc1nc(-c2cccc(NC(=O)CN(C)S(=O)(=O)c3cccs3)c2)oc1C. The third-order valence-electron chi connectivity index (χ3n) is 3.95. The Morgan fingerprint density at radius 3 is 2.67 bits per heavy atom. The van der Waals surface area contributed by atoms with E-state index in [2.05, 4.69) is 10.3 Å². The molecular weight excluding hydrogens is 386 g/mol. The van der Waals surface area contributed by atoms with Crippen molar-refractivity contribution in [3.8, 4) is 11.5 Å². The summed E-state index contributed by atoms with van der Waals surface area (Å²) in [6, 6.07) is 10.2. The molecule has 0 atom stereocenters. The highest BCUT2D eigenvalue weighted by molar-refractivity contribution is 7.91. The minimum absolute atomic E-state index is 0.203. The second-order valence-electron chi connectivity index (χ2n) is 5.98. The molecule has 0 saturated heterocycles. The first-order chi connectivity index (χ1) is 12.8. The number of aryl methyl sites for hydroxylation is 2. The minimum atomic E-state index is -3.67. The number of nitrogens with zero attached hydrogens (tertiary/aromatic N) is 2. The average molecular weight is 406 g/mol. The van der Waals surface area contributed by atoms with Gasteiger partial charge in [-0.1, -0.05) is 12.1 Å². The van der Waals surface area contributed by atoms with Gasteiger partial charge in [-0.3, -0.25) is 4.79 Å². The number of amides is 1. The van der Waals surface area contributed by atoms with Crippen LogP contribution in [0.25, 0.3) is 11.5 Å². The van der Waals surface area contributed by atoms with Crippen molar-refractivity contribution in [1.29, 1.82) is 0 Å². The van der Waals surface area contributed by atoms with Crippen LogP contribution in [-0.2, 0) is 14.8 Å². The molecule has 1 amide bonds. The van der Waals surface area contributed by atoms with Gasteiger partial charge in [0.2, 0.25) is 11.8 Å². The number of thiophene rings is 1. The molecule has 1 aromatic carbocycles. The van der Waals surface area contributed by atoms with E-state index in [1.807, 2.05) is 19.9 Å². The third kappa shape index (κ3) is 4.26. The van der Waals surface area contributed by atoms with Crippen LogP contribution >= 0.6 is 11.3 Å². The van der Waals surface area contributed by atoms with Gasteiger partial charge in [-0.2, -0.15) is 4.31 Å². The zero-order valence-corrected chi connectivity index (χ0v) is 16.7. The Morgan fingerprint density at radius 1 is 1.26 bits per heavy atom. The number of hydrogen-bond acceptors (Lipinski definition) is 6. The fraction of sp³-hybridized carbons (Fsp3) is 0.222. The summed E-state index contributed by atoms with van der Waals surface area (Å²) in [5, 5.41) is 4.39. The first-order valence-corrected chi connectivity index (χ1v) is 10.4. The Kier molecular flexibility index (Phi) is 5.45. The summed E-state index contributed by atoms with van der Waals surface area (Å²) >= 11 is 1.11. The van der Waals surface area contributed by atoms with E-state index in [9.17, 15) is 13.2 Å². The van der Waals surface area contributed by atoms with E-state index in [1.54, 1.807) is 29.6 Å². The maximum Gasteiger partial charge on any atom is 0.252 e. The monoisotopic (exact) mass is 405 g/mol. The van der Waals surface area contributed by atoms with Crippen molar-refractivity contribution in [2.24, 2.45) is 0 Å². The van der Waals surface area contributed by atoms with Crippen molar-refractivity contribution < 1.29 is 17.6 Å². The van der Waals surface area contributed by atoms with Crippen molar-refractivity contribution >= 4 is 33.0 Å². The topological polar surface area (TPSA) is 92.5 Å². The van der Waals surface area contributed by atoms with Gasteiger partial charge in [0, 0.05) is 18.3 Å². The molecule has 142 valence electrons. The maximum absolute atomic E-state index is 12.4. The summed E-state index contributed by atoms with van der Waals surface area (Å²) in [6.07, 6.45) is 0. The van der Waals surface area contributed by atoms with Gasteiger partial charge in [-0.05, 0) is 43.5 Å². The molecule has 1 N–H and O–H groups in total. The normalized spacial score (nSPS) is 11.7. The first-order valence-electron chi connectivity index (χ1n) is 8.11. The highest BCUT2D eigenvalue weighted by Gasteiger charge is 2.23. The van der Waals surface area contributed by atoms with Crippen molar-refractivity contribution in [1.82, 2.24) is 9.29 Å². The number of rotatable bonds is 6. The lowest BCUT2D eigenvalue weighted by Gasteiger charge is -2.15. The van der Waals surface area contributed by atoms with Gasteiger partial charge in [0.1, 0.15) is 9.97 Å². The molecule has 3 aromatic rings. The van der Waals surface area contributed by atoms with Gasteiger partial charge in [-0.15, -0.1) is 11.3 Å². The van der Waals surface area contributed by atoms with Crippen LogP contribution in [-0.4, -0.2) is 37.2 Å². The second kappa shape index (κ2) is 7.63. The quantitative estimate of drug-likeness (QED) is 0.679. The van der Waals surface area contributed by atoms with E-state index in [4.69, 9.17) is 4.42 Å². The molecule has 27 heavy (non-hydrogen) atoms. The second-order valence-corrected chi connectivity index (χ2v) is 9.20. The van der Waals surface area contributed by atoms with Crippen LogP contribution in [0.2, 0.25) is 0 Å². The van der Waals surface area contributed by atoms with Crippen LogP contribution in [0.15, 0.2) is 50.4 Å². The molecule has 0 spiro atoms. The molecule has 9 heteroatoms. The number of oxazole rings is 1. The molecule has 0 radical (unpaired) electrons. The van der Waals surface area contributed by atoms with Crippen LogP contribution in [0, 0.1) is 13.8 Å². The Bertz CT molecular complexity index is 1040.